The molecule has 0 aliphatic heterocycles. The number of rotatable bonds is 7. The number of allylic oxidation sites excluding steroid dienone is 4. The lowest BCUT2D eigenvalue weighted by atomic mass is 9.95. The standard InChI is InChI=1S/C23H27Cl.C5H10.C3H6.2C2H6/c1-6-7-8-19-10-13-20(14-11-19)23(24)18(5)22-15-21(16(2)3)12-9-17(22)4;1-4-5(2)3;1-3-2;2*1-2/h9-15H,2,6-8H2,1,3-5H3;4-5H,1H2,2-3H3;3H,1H2,2H3;2*1-2H3/b23-18+;;;;. The van der Waals surface area contributed by atoms with E-state index in [4.69, 9.17) is 11.6 Å². The molecular weight excluding hydrogens is 456 g/mol. The van der Waals surface area contributed by atoms with Crippen LogP contribution in [0.5, 0.6) is 0 Å². The van der Waals surface area contributed by atoms with Gasteiger partial charge in [0.2, 0.25) is 0 Å². The van der Waals surface area contributed by atoms with Crippen LogP contribution in [0.4, 0.5) is 0 Å². The van der Waals surface area contributed by atoms with Crippen molar-refractivity contribution in [2.45, 2.75) is 95.4 Å². The van der Waals surface area contributed by atoms with Crippen molar-refractivity contribution in [3.8, 4) is 0 Å². The van der Waals surface area contributed by atoms with E-state index in [0.29, 0.717) is 5.92 Å². The van der Waals surface area contributed by atoms with Gasteiger partial charge in [0, 0.05) is 0 Å². The third kappa shape index (κ3) is 16.4. The quantitative estimate of drug-likeness (QED) is 0.256. The smallest absolute Gasteiger partial charge is 0.0513 e. The normalized spacial score (nSPS) is 9.92. The lowest BCUT2D eigenvalue weighted by molar-refractivity contribution is 0.795. The molecule has 0 amide bonds. The van der Waals surface area contributed by atoms with E-state index < -0.39 is 0 Å². The van der Waals surface area contributed by atoms with Gasteiger partial charge in [0.05, 0.1) is 5.03 Å². The minimum absolute atomic E-state index is 0.648. The van der Waals surface area contributed by atoms with Crippen LogP contribution in [-0.4, -0.2) is 0 Å². The Kier molecular flexibility index (Phi) is 25.9. The third-order valence-corrected chi connectivity index (χ3v) is 5.46. The average molecular weight is 511 g/mol. The van der Waals surface area contributed by atoms with Gasteiger partial charge in [-0.15, -0.1) is 13.2 Å². The van der Waals surface area contributed by atoms with Gasteiger partial charge in [-0.3, -0.25) is 0 Å². The van der Waals surface area contributed by atoms with Gasteiger partial charge in [-0.05, 0) is 85.9 Å². The van der Waals surface area contributed by atoms with Crippen molar-refractivity contribution >= 4 is 27.8 Å². The predicted octanol–water partition coefficient (Wildman–Crippen LogP) is 12.6. The summed E-state index contributed by atoms with van der Waals surface area (Å²) in [7, 11) is 0. The van der Waals surface area contributed by atoms with Gasteiger partial charge in [-0.2, -0.15) is 0 Å². The molecule has 0 aliphatic rings. The fourth-order valence-electron chi connectivity index (χ4n) is 2.82. The first-order valence-corrected chi connectivity index (χ1v) is 13.9. The molecule has 0 N–H and O–H groups in total. The lowest BCUT2D eigenvalue weighted by Gasteiger charge is -2.12. The highest BCUT2D eigenvalue weighted by Gasteiger charge is 2.09. The summed E-state index contributed by atoms with van der Waals surface area (Å²) in [6, 6.07) is 15.1. The molecule has 0 aromatic heterocycles. The molecule has 0 saturated heterocycles. The maximum absolute atomic E-state index is 6.71. The molecular formula is C35H55Cl. The summed E-state index contributed by atoms with van der Waals surface area (Å²) in [5, 5.41) is 0.819. The summed E-state index contributed by atoms with van der Waals surface area (Å²) in [6.07, 6.45) is 7.26. The number of benzene rings is 2. The Balaban J connectivity index is -0.000000769. The molecule has 0 aliphatic carbocycles. The summed E-state index contributed by atoms with van der Waals surface area (Å²) in [6.45, 7) is 33.5. The number of aryl methyl sites for hydroxylation is 2. The summed E-state index contributed by atoms with van der Waals surface area (Å²) in [5.41, 5.74) is 8.22. The second-order valence-corrected chi connectivity index (χ2v) is 8.82. The van der Waals surface area contributed by atoms with Gasteiger partial charge in [0.15, 0.2) is 0 Å². The first-order chi connectivity index (χ1) is 17.1. The minimum Gasteiger partial charge on any atom is -0.103 e. The Morgan fingerprint density at radius 2 is 1.36 bits per heavy atom. The summed E-state index contributed by atoms with van der Waals surface area (Å²) >= 11 is 6.71. The Hall–Kier alpha value is -2.31. The van der Waals surface area contributed by atoms with Crippen molar-refractivity contribution < 1.29 is 0 Å². The van der Waals surface area contributed by atoms with Crippen molar-refractivity contribution in [2.75, 3.05) is 0 Å². The minimum atomic E-state index is 0.648. The monoisotopic (exact) mass is 510 g/mol. The van der Waals surface area contributed by atoms with E-state index in [-0.39, 0.29) is 0 Å². The van der Waals surface area contributed by atoms with Crippen molar-refractivity contribution in [3.05, 3.63) is 102 Å². The van der Waals surface area contributed by atoms with Gasteiger partial charge in [0.25, 0.3) is 0 Å². The third-order valence-electron chi connectivity index (χ3n) is 4.96. The molecule has 0 saturated carbocycles. The maximum Gasteiger partial charge on any atom is 0.0513 e. The number of unbranched alkanes of at least 4 members (excludes halogenated alkanes) is 1. The van der Waals surface area contributed by atoms with Crippen LogP contribution in [0, 0.1) is 12.8 Å². The lowest BCUT2D eigenvalue weighted by Crippen LogP contribution is -1.92. The van der Waals surface area contributed by atoms with Crippen LogP contribution >= 0.6 is 11.6 Å². The largest absolute Gasteiger partial charge is 0.103 e. The van der Waals surface area contributed by atoms with Crippen LogP contribution in [0.15, 0.2) is 74.4 Å². The average Bonchev–Trinajstić information content (AvgIpc) is 2.90. The van der Waals surface area contributed by atoms with Crippen molar-refractivity contribution in [1.29, 1.82) is 0 Å². The van der Waals surface area contributed by atoms with E-state index in [2.05, 4.69) is 96.8 Å². The number of hydrogen-bond acceptors (Lipinski definition) is 0. The highest BCUT2D eigenvalue weighted by Crippen LogP contribution is 2.32. The second-order valence-electron chi connectivity index (χ2n) is 8.44. The first kappa shape index (κ1) is 38.2. The van der Waals surface area contributed by atoms with E-state index >= 15 is 0 Å². The summed E-state index contributed by atoms with van der Waals surface area (Å²) in [4.78, 5) is 0. The maximum atomic E-state index is 6.71. The first-order valence-electron chi connectivity index (χ1n) is 13.5. The molecule has 1 heteroatoms. The summed E-state index contributed by atoms with van der Waals surface area (Å²) < 4.78 is 0. The summed E-state index contributed by atoms with van der Waals surface area (Å²) in [5.74, 6) is 0.648. The van der Waals surface area contributed by atoms with E-state index in [1.807, 2.05) is 47.6 Å². The predicted molar refractivity (Wildman–Crippen MR) is 173 cm³/mol. The highest BCUT2D eigenvalue weighted by atomic mass is 35.5. The molecule has 202 valence electrons. The van der Waals surface area contributed by atoms with Crippen molar-refractivity contribution in [2.24, 2.45) is 5.92 Å². The van der Waals surface area contributed by atoms with Crippen molar-refractivity contribution in [1.82, 2.24) is 0 Å². The number of hydrogen-bond donors (Lipinski definition) is 0. The topological polar surface area (TPSA) is 0 Å². The van der Waals surface area contributed by atoms with Crippen LogP contribution in [-0.2, 0) is 6.42 Å². The van der Waals surface area contributed by atoms with Crippen LogP contribution < -0.4 is 0 Å². The van der Waals surface area contributed by atoms with E-state index in [1.54, 1.807) is 6.08 Å². The molecule has 0 radical (unpaired) electrons. The number of halogens is 1. The molecule has 0 fully saturated rings. The fraction of sp³-hybridized carbons (Fsp3) is 0.429. The van der Waals surface area contributed by atoms with Gasteiger partial charge in [0.1, 0.15) is 0 Å². The zero-order valence-corrected chi connectivity index (χ0v) is 26.2. The molecule has 2 aromatic carbocycles. The highest BCUT2D eigenvalue weighted by molar-refractivity contribution is 6.52. The van der Waals surface area contributed by atoms with Gasteiger partial charge < -0.3 is 0 Å². The van der Waals surface area contributed by atoms with E-state index in [1.165, 1.54) is 29.5 Å². The van der Waals surface area contributed by atoms with Crippen LogP contribution in [0.1, 0.15) is 110 Å². The zero-order chi connectivity index (χ0) is 28.7. The van der Waals surface area contributed by atoms with Gasteiger partial charge in [-0.1, -0.05) is 127 Å². The fourth-order valence-corrected chi connectivity index (χ4v) is 3.05. The Labute approximate surface area is 230 Å². The molecule has 0 unspecified atom stereocenters. The molecule has 2 aromatic rings. The molecule has 36 heavy (non-hydrogen) atoms. The Morgan fingerprint density at radius 1 is 0.917 bits per heavy atom. The molecule has 2 rings (SSSR count). The molecule has 0 atom stereocenters. The van der Waals surface area contributed by atoms with E-state index in [0.717, 1.165) is 33.7 Å². The van der Waals surface area contributed by atoms with Crippen molar-refractivity contribution in [3.63, 3.8) is 0 Å². The van der Waals surface area contributed by atoms with Gasteiger partial charge >= 0.3 is 0 Å². The zero-order valence-electron chi connectivity index (χ0n) is 25.4. The molecule has 0 nitrogen and oxygen atoms in total. The molecule has 0 bridgehead atoms. The second kappa shape index (κ2) is 24.4. The Morgan fingerprint density at radius 3 is 1.75 bits per heavy atom. The van der Waals surface area contributed by atoms with Gasteiger partial charge in [-0.25, -0.2) is 0 Å². The molecule has 0 spiro atoms. The van der Waals surface area contributed by atoms with Crippen LogP contribution in [0.2, 0.25) is 0 Å². The molecule has 0 heterocycles. The Bertz CT molecular complexity index is 879. The van der Waals surface area contributed by atoms with Crippen LogP contribution in [0.3, 0.4) is 0 Å². The van der Waals surface area contributed by atoms with E-state index in [9.17, 15) is 0 Å². The van der Waals surface area contributed by atoms with Crippen LogP contribution in [0.25, 0.3) is 16.2 Å². The SMILES string of the molecule is C=C(C)c1ccc(C)c(/C(C)=C(/Cl)c2ccc(CCCC)cc2)c1.C=CC.C=CC(C)C.CC.CC.